The van der Waals surface area contributed by atoms with Crippen molar-refractivity contribution in [2.75, 3.05) is 11.4 Å². The van der Waals surface area contributed by atoms with Crippen LogP contribution in [-0.2, 0) is 9.59 Å². The summed E-state index contributed by atoms with van der Waals surface area (Å²) >= 11 is 3.37. The maximum absolute atomic E-state index is 12.4. The highest BCUT2D eigenvalue weighted by Gasteiger charge is 2.38. The average molecular weight is 339 g/mol. The van der Waals surface area contributed by atoms with Crippen molar-refractivity contribution in [3.63, 3.8) is 0 Å². The lowest BCUT2D eigenvalue weighted by Gasteiger charge is -2.23. The summed E-state index contributed by atoms with van der Waals surface area (Å²) < 4.78 is 0.968. The van der Waals surface area contributed by atoms with Gasteiger partial charge in [0.05, 0.1) is 0 Å². The Morgan fingerprint density at radius 1 is 1.30 bits per heavy atom. The lowest BCUT2D eigenvalue weighted by Crippen LogP contribution is -2.45. The van der Waals surface area contributed by atoms with Gasteiger partial charge in [-0.15, -0.1) is 0 Å². The quantitative estimate of drug-likeness (QED) is 0.843. The average Bonchev–Trinajstić information content (AvgIpc) is 2.70. The van der Waals surface area contributed by atoms with E-state index in [-0.39, 0.29) is 17.4 Å². The van der Waals surface area contributed by atoms with Crippen molar-refractivity contribution in [2.45, 2.75) is 32.7 Å². The largest absolute Gasteiger partial charge is 0.351 e. The van der Waals surface area contributed by atoms with E-state index in [0.29, 0.717) is 13.0 Å². The first-order valence-corrected chi connectivity index (χ1v) is 7.46. The molecule has 1 saturated heterocycles. The highest BCUT2D eigenvalue weighted by molar-refractivity contribution is 9.10. The smallest absolute Gasteiger partial charge is 0.239 e. The number of nitrogens with one attached hydrogen (secondary N) is 1. The minimum atomic E-state index is -0.571. The van der Waals surface area contributed by atoms with Crippen LogP contribution in [0.15, 0.2) is 28.7 Å². The molecule has 0 radical (unpaired) electrons. The molecule has 1 N–H and O–H groups in total. The van der Waals surface area contributed by atoms with E-state index in [1.54, 1.807) is 4.90 Å². The highest BCUT2D eigenvalue weighted by Crippen LogP contribution is 2.27. The molecule has 1 aromatic rings. The van der Waals surface area contributed by atoms with E-state index < -0.39 is 5.92 Å². The zero-order chi connectivity index (χ0) is 14.9. The summed E-state index contributed by atoms with van der Waals surface area (Å²) in [6.07, 6.45) is 0.566. The van der Waals surface area contributed by atoms with Crippen LogP contribution in [0.5, 0.6) is 0 Å². The summed E-state index contributed by atoms with van der Waals surface area (Å²) in [6.45, 7) is 6.33. The van der Waals surface area contributed by atoms with Crippen LogP contribution in [0, 0.1) is 5.92 Å². The molecule has 20 heavy (non-hydrogen) atoms. The molecule has 0 saturated carbocycles. The van der Waals surface area contributed by atoms with E-state index in [1.165, 1.54) is 0 Å². The molecule has 1 unspecified atom stereocenters. The van der Waals surface area contributed by atoms with Gasteiger partial charge in [0.2, 0.25) is 11.8 Å². The van der Waals surface area contributed by atoms with Crippen LogP contribution in [0.1, 0.15) is 27.2 Å². The van der Waals surface area contributed by atoms with Crippen molar-refractivity contribution in [3.05, 3.63) is 28.7 Å². The van der Waals surface area contributed by atoms with Gasteiger partial charge in [-0.05, 0) is 51.5 Å². The monoisotopic (exact) mass is 338 g/mol. The molecule has 4 nitrogen and oxygen atoms in total. The molecular formula is C15H19BrN2O2. The predicted octanol–water partition coefficient (Wildman–Crippen LogP) is 2.72. The third kappa shape index (κ3) is 3.39. The Morgan fingerprint density at radius 3 is 2.45 bits per heavy atom. The molecule has 1 aliphatic rings. The van der Waals surface area contributed by atoms with Crippen LogP contribution in [0.2, 0.25) is 0 Å². The van der Waals surface area contributed by atoms with Crippen LogP contribution < -0.4 is 10.2 Å². The number of anilines is 1. The highest BCUT2D eigenvalue weighted by atomic mass is 79.9. The number of hydrogen-bond acceptors (Lipinski definition) is 2. The van der Waals surface area contributed by atoms with Gasteiger partial charge in [0, 0.05) is 22.2 Å². The lowest BCUT2D eigenvalue weighted by molar-refractivity contribution is -0.133. The summed E-state index contributed by atoms with van der Waals surface area (Å²) in [5, 5.41) is 2.88. The molecule has 1 aromatic carbocycles. The third-order valence-electron chi connectivity index (χ3n) is 3.16. The fourth-order valence-electron chi connectivity index (χ4n) is 2.26. The molecule has 0 spiro atoms. The van der Waals surface area contributed by atoms with Crippen molar-refractivity contribution in [1.29, 1.82) is 0 Å². The molecule has 108 valence electrons. The topological polar surface area (TPSA) is 49.4 Å². The molecule has 1 heterocycles. The fraction of sp³-hybridized carbons (Fsp3) is 0.467. The Hall–Kier alpha value is -1.36. The van der Waals surface area contributed by atoms with Gasteiger partial charge in [0.25, 0.3) is 0 Å². The maximum Gasteiger partial charge on any atom is 0.239 e. The van der Waals surface area contributed by atoms with Gasteiger partial charge in [0.15, 0.2) is 0 Å². The standard InChI is InChI=1S/C15H19BrN2O2/c1-15(2,3)17-13(19)12-8-9-18(14(12)20)11-6-4-10(16)5-7-11/h4-7,12H,8-9H2,1-3H3,(H,17,19). The molecule has 0 aliphatic carbocycles. The SMILES string of the molecule is CC(C)(C)NC(=O)C1CCN(c2ccc(Br)cc2)C1=O. The Morgan fingerprint density at radius 2 is 1.90 bits per heavy atom. The molecule has 5 heteroatoms. The van der Waals surface area contributed by atoms with Crippen molar-refractivity contribution in [2.24, 2.45) is 5.92 Å². The Balaban J connectivity index is 2.09. The van der Waals surface area contributed by atoms with Gasteiger partial charge in [-0.2, -0.15) is 0 Å². The summed E-state index contributed by atoms with van der Waals surface area (Å²) in [7, 11) is 0. The minimum Gasteiger partial charge on any atom is -0.351 e. The van der Waals surface area contributed by atoms with E-state index in [4.69, 9.17) is 0 Å². The molecular weight excluding hydrogens is 320 g/mol. The van der Waals surface area contributed by atoms with E-state index in [2.05, 4.69) is 21.2 Å². The molecule has 2 amide bonds. The first-order chi connectivity index (χ1) is 9.28. The number of hydrogen-bond donors (Lipinski definition) is 1. The van der Waals surface area contributed by atoms with Gasteiger partial charge in [-0.3, -0.25) is 9.59 Å². The van der Waals surface area contributed by atoms with Crippen molar-refractivity contribution in [1.82, 2.24) is 5.32 Å². The summed E-state index contributed by atoms with van der Waals surface area (Å²) in [4.78, 5) is 26.2. The zero-order valence-corrected chi connectivity index (χ0v) is 13.5. The second-order valence-electron chi connectivity index (χ2n) is 6.05. The second-order valence-corrected chi connectivity index (χ2v) is 6.96. The second kappa shape index (κ2) is 5.56. The number of nitrogens with zero attached hydrogens (tertiary/aromatic N) is 1. The van der Waals surface area contributed by atoms with Gasteiger partial charge < -0.3 is 10.2 Å². The van der Waals surface area contributed by atoms with Gasteiger partial charge in [-0.25, -0.2) is 0 Å². The molecule has 1 aliphatic heterocycles. The minimum absolute atomic E-state index is 0.117. The summed E-state index contributed by atoms with van der Waals surface area (Å²) in [5.41, 5.74) is 0.520. The van der Waals surface area contributed by atoms with Crippen LogP contribution in [0.3, 0.4) is 0 Å². The maximum atomic E-state index is 12.4. The molecule has 2 rings (SSSR count). The number of halogens is 1. The third-order valence-corrected chi connectivity index (χ3v) is 3.69. The molecule has 1 fully saturated rings. The number of rotatable bonds is 2. The van der Waals surface area contributed by atoms with Gasteiger partial charge >= 0.3 is 0 Å². The van der Waals surface area contributed by atoms with E-state index in [0.717, 1.165) is 10.2 Å². The first-order valence-electron chi connectivity index (χ1n) is 6.67. The van der Waals surface area contributed by atoms with Crippen LogP contribution in [0.4, 0.5) is 5.69 Å². The Kier molecular flexibility index (Phi) is 4.18. The van der Waals surface area contributed by atoms with Crippen LogP contribution in [-0.4, -0.2) is 23.9 Å². The zero-order valence-electron chi connectivity index (χ0n) is 11.9. The molecule has 1 atom stereocenters. The van der Waals surface area contributed by atoms with Crippen LogP contribution >= 0.6 is 15.9 Å². The number of benzene rings is 1. The number of carbonyl (C=O) groups excluding carboxylic acids is 2. The van der Waals surface area contributed by atoms with E-state index >= 15 is 0 Å². The molecule has 0 aromatic heterocycles. The number of amides is 2. The van der Waals surface area contributed by atoms with Gasteiger partial charge in [-0.1, -0.05) is 15.9 Å². The van der Waals surface area contributed by atoms with Gasteiger partial charge in [0.1, 0.15) is 5.92 Å². The van der Waals surface area contributed by atoms with Crippen molar-refractivity contribution in [3.8, 4) is 0 Å². The Bertz CT molecular complexity index is 520. The normalized spacial score (nSPS) is 19.3. The van der Waals surface area contributed by atoms with Crippen molar-refractivity contribution < 1.29 is 9.59 Å². The fourth-order valence-corrected chi connectivity index (χ4v) is 2.52. The van der Waals surface area contributed by atoms with E-state index in [9.17, 15) is 9.59 Å². The number of carbonyl (C=O) groups is 2. The summed E-state index contributed by atoms with van der Waals surface area (Å²) in [5.74, 6) is -0.867. The van der Waals surface area contributed by atoms with Crippen molar-refractivity contribution >= 4 is 33.4 Å². The summed E-state index contributed by atoms with van der Waals surface area (Å²) in [6, 6.07) is 7.55. The lowest BCUT2D eigenvalue weighted by atomic mass is 10.0. The predicted molar refractivity (Wildman–Crippen MR) is 82.5 cm³/mol. The van der Waals surface area contributed by atoms with E-state index in [1.807, 2.05) is 45.0 Å². The molecule has 0 bridgehead atoms. The van der Waals surface area contributed by atoms with Crippen LogP contribution in [0.25, 0.3) is 0 Å². The first kappa shape index (κ1) is 15.0. The Labute approximate surface area is 127 Å².